The van der Waals surface area contributed by atoms with Crippen molar-refractivity contribution in [1.29, 1.82) is 0 Å². The van der Waals surface area contributed by atoms with Crippen LogP contribution in [0.3, 0.4) is 0 Å². The van der Waals surface area contributed by atoms with Crippen LogP contribution in [-0.2, 0) is 0 Å². The van der Waals surface area contributed by atoms with E-state index in [0.717, 1.165) is 17.1 Å². The van der Waals surface area contributed by atoms with Crippen LogP contribution in [0.25, 0.3) is 71.1 Å². The smallest absolute Gasteiger partial charge is 0.0620 e. The van der Waals surface area contributed by atoms with E-state index in [1.165, 1.54) is 71.1 Å². The minimum absolute atomic E-state index is 1.12. The molecule has 0 N–H and O–H groups in total. The van der Waals surface area contributed by atoms with Crippen molar-refractivity contribution in [2.45, 2.75) is 0 Å². The van der Waals surface area contributed by atoms with E-state index in [2.05, 4.69) is 191 Å². The highest BCUT2D eigenvalue weighted by molar-refractivity contribution is 6.23. The molecule has 10 aromatic rings. The Bertz CT molecular complexity index is 2780. The first-order chi connectivity index (χ1) is 23.8. The van der Waals surface area contributed by atoms with Gasteiger partial charge in [0.2, 0.25) is 0 Å². The highest BCUT2D eigenvalue weighted by Gasteiger charge is 2.21. The quantitative estimate of drug-likeness (QED) is 0.188. The van der Waals surface area contributed by atoms with E-state index in [0.29, 0.717) is 0 Å². The van der Waals surface area contributed by atoms with Crippen LogP contribution in [0.5, 0.6) is 0 Å². The molecule has 8 aromatic carbocycles. The molecule has 0 aliphatic heterocycles. The number of hydrogen-bond acceptors (Lipinski definition) is 1. The molecular weight excluding hydrogens is 581 g/mol. The SMILES string of the molecule is c1ccc(N(c2ccccc2-c2ccccc2-c2ccc3c(c2)c2cccc4c5ccccc5n3c42)c2cccc3ccccc23)cc1. The summed E-state index contributed by atoms with van der Waals surface area (Å²) in [5.74, 6) is 0. The van der Waals surface area contributed by atoms with Crippen molar-refractivity contribution in [2.24, 2.45) is 0 Å². The summed E-state index contributed by atoms with van der Waals surface area (Å²) in [6, 6.07) is 66.1. The number of para-hydroxylation sites is 4. The van der Waals surface area contributed by atoms with Crippen molar-refractivity contribution in [3.63, 3.8) is 0 Å². The number of benzene rings is 8. The zero-order valence-electron chi connectivity index (χ0n) is 26.2. The molecule has 10 rings (SSSR count). The van der Waals surface area contributed by atoms with Crippen LogP contribution in [-0.4, -0.2) is 4.40 Å². The van der Waals surface area contributed by atoms with E-state index in [4.69, 9.17) is 0 Å². The maximum absolute atomic E-state index is 2.45. The van der Waals surface area contributed by atoms with Gasteiger partial charge in [0.25, 0.3) is 0 Å². The third-order valence-corrected chi connectivity index (χ3v) is 9.92. The maximum atomic E-state index is 2.45. The number of fused-ring (bicyclic) bond motifs is 7. The number of anilines is 3. The molecule has 0 bridgehead atoms. The summed E-state index contributed by atoms with van der Waals surface area (Å²) in [5, 5.41) is 7.63. The molecule has 0 radical (unpaired) electrons. The highest BCUT2D eigenvalue weighted by atomic mass is 15.1. The Balaban J connectivity index is 1.20. The third-order valence-electron chi connectivity index (χ3n) is 9.92. The zero-order valence-corrected chi connectivity index (χ0v) is 26.2. The summed E-state index contributed by atoms with van der Waals surface area (Å²) in [4.78, 5) is 2.41. The molecule has 2 heterocycles. The van der Waals surface area contributed by atoms with Gasteiger partial charge in [0.15, 0.2) is 0 Å². The fourth-order valence-corrected chi connectivity index (χ4v) is 7.85. The second-order valence-corrected chi connectivity index (χ2v) is 12.5. The fourth-order valence-electron chi connectivity index (χ4n) is 7.85. The normalized spacial score (nSPS) is 11.8. The van der Waals surface area contributed by atoms with E-state index < -0.39 is 0 Å². The fraction of sp³-hybridized carbons (Fsp3) is 0. The Morgan fingerprint density at radius 3 is 1.81 bits per heavy atom. The van der Waals surface area contributed by atoms with Crippen molar-refractivity contribution in [3.8, 4) is 22.3 Å². The van der Waals surface area contributed by atoms with Gasteiger partial charge in [0, 0.05) is 38.2 Å². The molecule has 48 heavy (non-hydrogen) atoms. The van der Waals surface area contributed by atoms with Gasteiger partial charge < -0.3 is 9.30 Å². The summed E-state index contributed by atoms with van der Waals surface area (Å²) in [5.41, 5.74) is 12.0. The van der Waals surface area contributed by atoms with E-state index >= 15 is 0 Å². The van der Waals surface area contributed by atoms with Gasteiger partial charge >= 0.3 is 0 Å². The minimum atomic E-state index is 1.12. The van der Waals surface area contributed by atoms with Gasteiger partial charge in [0.1, 0.15) is 0 Å². The highest BCUT2D eigenvalue weighted by Crippen LogP contribution is 2.46. The van der Waals surface area contributed by atoms with Gasteiger partial charge in [-0.15, -0.1) is 0 Å². The monoisotopic (exact) mass is 610 g/mol. The van der Waals surface area contributed by atoms with Crippen LogP contribution in [0.15, 0.2) is 182 Å². The number of hydrogen-bond donors (Lipinski definition) is 0. The van der Waals surface area contributed by atoms with Gasteiger partial charge in [-0.1, -0.05) is 140 Å². The Morgan fingerprint density at radius 2 is 0.938 bits per heavy atom. The average Bonchev–Trinajstić information content (AvgIpc) is 3.68. The van der Waals surface area contributed by atoms with Gasteiger partial charge in [-0.25, -0.2) is 0 Å². The molecule has 0 aliphatic rings. The summed E-state index contributed by atoms with van der Waals surface area (Å²) in [6.45, 7) is 0. The molecule has 0 atom stereocenters. The molecular formula is C46H30N2. The third kappa shape index (κ3) is 3.93. The van der Waals surface area contributed by atoms with E-state index in [-0.39, 0.29) is 0 Å². The lowest BCUT2D eigenvalue weighted by atomic mass is 9.92. The van der Waals surface area contributed by atoms with Crippen LogP contribution >= 0.6 is 0 Å². The van der Waals surface area contributed by atoms with E-state index in [1.54, 1.807) is 0 Å². The molecule has 0 aliphatic carbocycles. The molecule has 224 valence electrons. The Hall–Kier alpha value is -6.38. The first-order valence-electron chi connectivity index (χ1n) is 16.5. The van der Waals surface area contributed by atoms with Crippen LogP contribution < -0.4 is 4.90 Å². The zero-order chi connectivity index (χ0) is 31.6. The summed E-state index contributed by atoms with van der Waals surface area (Å²) in [6.07, 6.45) is 0. The van der Waals surface area contributed by atoms with Crippen LogP contribution in [0.2, 0.25) is 0 Å². The van der Waals surface area contributed by atoms with Crippen LogP contribution in [0.1, 0.15) is 0 Å². The van der Waals surface area contributed by atoms with Crippen molar-refractivity contribution in [1.82, 2.24) is 4.40 Å². The van der Waals surface area contributed by atoms with E-state index in [9.17, 15) is 0 Å². The van der Waals surface area contributed by atoms with Crippen molar-refractivity contribution < 1.29 is 0 Å². The predicted octanol–water partition coefficient (Wildman–Crippen LogP) is 12.8. The molecule has 0 fully saturated rings. The first kappa shape index (κ1) is 26.8. The maximum Gasteiger partial charge on any atom is 0.0620 e. The van der Waals surface area contributed by atoms with Crippen molar-refractivity contribution >= 4 is 65.9 Å². The Kier molecular flexibility index (Phi) is 5.91. The average molecular weight is 611 g/mol. The number of nitrogens with zero attached hydrogens (tertiary/aromatic N) is 2. The molecule has 0 unspecified atom stereocenters. The molecule has 2 heteroatoms. The van der Waals surface area contributed by atoms with Gasteiger partial charge in [-0.05, 0) is 64.5 Å². The van der Waals surface area contributed by atoms with Gasteiger partial charge in [-0.2, -0.15) is 0 Å². The molecule has 0 spiro atoms. The molecule has 0 saturated heterocycles. The van der Waals surface area contributed by atoms with Gasteiger partial charge in [0.05, 0.1) is 27.9 Å². The summed E-state index contributed by atoms with van der Waals surface area (Å²) >= 11 is 0. The largest absolute Gasteiger partial charge is 0.309 e. The van der Waals surface area contributed by atoms with Crippen molar-refractivity contribution in [2.75, 3.05) is 4.90 Å². The van der Waals surface area contributed by atoms with Crippen molar-refractivity contribution in [3.05, 3.63) is 182 Å². The predicted molar refractivity (Wildman–Crippen MR) is 204 cm³/mol. The van der Waals surface area contributed by atoms with Crippen LogP contribution in [0, 0.1) is 0 Å². The summed E-state index contributed by atoms with van der Waals surface area (Å²) in [7, 11) is 0. The standard InChI is InChI=1S/C46H30N2/c1-2-16-33(17-3-1)47(42-27-12-15-31-14-4-5-19-35(31)42)43-25-10-8-21-37(43)36-20-7-6-18-34(36)32-28-29-45-41(30-32)40-24-13-23-39-38-22-9-11-26-44(38)48(45)46(39)40/h1-30H. The lowest BCUT2D eigenvalue weighted by molar-refractivity contribution is 1.30. The summed E-state index contributed by atoms with van der Waals surface area (Å²) < 4.78 is 2.45. The number of aromatic nitrogens is 1. The van der Waals surface area contributed by atoms with Gasteiger partial charge in [-0.3, -0.25) is 0 Å². The first-order valence-corrected chi connectivity index (χ1v) is 16.5. The minimum Gasteiger partial charge on any atom is -0.309 e. The second-order valence-electron chi connectivity index (χ2n) is 12.5. The molecule has 2 aromatic heterocycles. The lowest BCUT2D eigenvalue weighted by Crippen LogP contribution is -2.11. The molecule has 0 saturated carbocycles. The van der Waals surface area contributed by atoms with E-state index in [1.807, 2.05) is 0 Å². The lowest BCUT2D eigenvalue weighted by Gasteiger charge is -2.29. The Labute approximate surface area is 278 Å². The second kappa shape index (κ2) is 10.6. The topological polar surface area (TPSA) is 7.65 Å². The molecule has 2 nitrogen and oxygen atoms in total. The Morgan fingerprint density at radius 1 is 0.354 bits per heavy atom. The number of rotatable bonds is 5. The molecule has 0 amide bonds. The van der Waals surface area contributed by atoms with Crippen LogP contribution in [0.4, 0.5) is 17.1 Å².